The average Bonchev–Trinajstić information content (AvgIpc) is 2.18. The molecule has 0 saturated heterocycles. The van der Waals surface area contributed by atoms with Crippen molar-refractivity contribution >= 4 is 0 Å². The Balaban J connectivity index is 2.10. The lowest BCUT2D eigenvalue weighted by Gasteiger charge is -2.57. The fourth-order valence-corrected chi connectivity index (χ4v) is 3.10. The monoisotopic (exact) mass is 195 g/mol. The van der Waals surface area contributed by atoms with Crippen molar-refractivity contribution in [3.05, 3.63) is 11.6 Å². The molecule has 3 aliphatic carbocycles. The van der Waals surface area contributed by atoms with Crippen LogP contribution in [0.1, 0.15) is 33.1 Å². The summed E-state index contributed by atoms with van der Waals surface area (Å²) in [6, 6.07) is 0. The fourth-order valence-electron chi connectivity index (χ4n) is 3.10. The van der Waals surface area contributed by atoms with Crippen LogP contribution in [0.3, 0.4) is 0 Å². The van der Waals surface area contributed by atoms with Gasteiger partial charge in [0.25, 0.3) is 0 Å². The van der Waals surface area contributed by atoms with Gasteiger partial charge in [0.2, 0.25) is 0 Å². The smallest absolute Gasteiger partial charge is 0.0765 e. The standard InChI is InChI=1S/C12H21NO/c1-12(2)8-3-4-9(10(12)7-8)11(14)5-6-13/h4,8,10-11,14H,3,5-7,13H2,1-2H3. The van der Waals surface area contributed by atoms with Crippen LogP contribution in [0.15, 0.2) is 11.6 Å². The second-order valence-corrected chi connectivity index (χ2v) is 5.34. The molecule has 0 amide bonds. The van der Waals surface area contributed by atoms with Gasteiger partial charge in [-0.25, -0.2) is 0 Å². The first-order chi connectivity index (χ1) is 6.57. The summed E-state index contributed by atoms with van der Waals surface area (Å²) in [6.45, 7) is 5.23. The van der Waals surface area contributed by atoms with Crippen molar-refractivity contribution in [3.63, 3.8) is 0 Å². The Kier molecular flexibility index (Phi) is 2.44. The summed E-state index contributed by atoms with van der Waals surface area (Å²) in [5.41, 5.74) is 7.16. The molecular weight excluding hydrogens is 174 g/mol. The molecule has 3 unspecified atom stereocenters. The molecule has 3 atom stereocenters. The highest BCUT2D eigenvalue weighted by molar-refractivity contribution is 5.26. The van der Waals surface area contributed by atoms with Gasteiger partial charge >= 0.3 is 0 Å². The van der Waals surface area contributed by atoms with Crippen LogP contribution in [0.4, 0.5) is 0 Å². The minimum Gasteiger partial charge on any atom is -0.389 e. The number of rotatable bonds is 3. The molecule has 1 saturated carbocycles. The van der Waals surface area contributed by atoms with E-state index in [4.69, 9.17) is 5.73 Å². The van der Waals surface area contributed by atoms with Crippen molar-refractivity contribution in [2.45, 2.75) is 39.2 Å². The first kappa shape index (κ1) is 10.2. The molecule has 14 heavy (non-hydrogen) atoms. The van der Waals surface area contributed by atoms with E-state index < -0.39 is 0 Å². The molecule has 0 aromatic rings. The van der Waals surface area contributed by atoms with Crippen molar-refractivity contribution in [2.75, 3.05) is 6.54 Å². The zero-order valence-electron chi connectivity index (χ0n) is 9.16. The van der Waals surface area contributed by atoms with Crippen LogP contribution in [-0.2, 0) is 0 Å². The number of hydrogen-bond acceptors (Lipinski definition) is 2. The maximum atomic E-state index is 9.95. The predicted molar refractivity (Wildman–Crippen MR) is 57.8 cm³/mol. The summed E-state index contributed by atoms with van der Waals surface area (Å²) < 4.78 is 0. The maximum absolute atomic E-state index is 9.95. The zero-order chi connectivity index (χ0) is 10.3. The maximum Gasteiger partial charge on any atom is 0.0765 e. The third-order valence-corrected chi connectivity index (χ3v) is 4.34. The molecule has 2 nitrogen and oxygen atoms in total. The van der Waals surface area contributed by atoms with E-state index in [9.17, 15) is 5.11 Å². The van der Waals surface area contributed by atoms with E-state index in [2.05, 4.69) is 19.9 Å². The Morgan fingerprint density at radius 1 is 1.64 bits per heavy atom. The van der Waals surface area contributed by atoms with Gasteiger partial charge in [-0.1, -0.05) is 19.9 Å². The van der Waals surface area contributed by atoms with Crippen LogP contribution in [0.5, 0.6) is 0 Å². The summed E-state index contributed by atoms with van der Waals surface area (Å²) in [5.74, 6) is 1.46. The van der Waals surface area contributed by atoms with Gasteiger partial charge < -0.3 is 10.8 Å². The average molecular weight is 195 g/mol. The van der Waals surface area contributed by atoms with Crippen molar-refractivity contribution in [1.82, 2.24) is 0 Å². The van der Waals surface area contributed by atoms with Gasteiger partial charge in [-0.2, -0.15) is 0 Å². The normalized spacial score (nSPS) is 35.9. The number of aliphatic hydroxyl groups is 1. The molecule has 1 fully saturated rings. The highest BCUT2D eigenvalue weighted by atomic mass is 16.3. The van der Waals surface area contributed by atoms with Crippen LogP contribution in [0.25, 0.3) is 0 Å². The lowest BCUT2D eigenvalue weighted by atomic mass is 9.48. The molecule has 0 spiro atoms. The van der Waals surface area contributed by atoms with Crippen molar-refractivity contribution < 1.29 is 5.11 Å². The first-order valence-electron chi connectivity index (χ1n) is 5.65. The SMILES string of the molecule is CC1(C)C2CC=C(C(O)CCN)C1C2. The van der Waals surface area contributed by atoms with Gasteiger partial charge in [0.05, 0.1) is 6.10 Å². The lowest BCUT2D eigenvalue weighted by Crippen LogP contribution is -2.50. The van der Waals surface area contributed by atoms with E-state index in [-0.39, 0.29) is 6.10 Å². The van der Waals surface area contributed by atoms with Crippen LogP contribution >= 0.6 is 0 Å². The first-order valence-corrected chi connectivity index (χ1v) is 5.65. The van der Waals surface area contributed by atoms with E-state index >= 15 is 0 Å². The number of aliphatic hydroxyl groups excluding tert-OH is 1. The molecule has 0 aromatic heterocycles. The summed E-state index contributed by atoms with van der Waals surface area (Å²) in [6.07, 6.45) is 5.11. The van der Waals surface area contributed by atoms with Gasteiger partial charge in [-0.3, -0.25) is 0 Å². The summed E-state index contributed by atoms with van der Waals surface area (Å²) in [5, 5.41) is 9.95. The predicted octanol–water partition coefficient (Wildman–Crippen LogP) is 1.69. The Morgan fingerprint density at radius 2 is 2.36 bits per heavy atom. The quantitative estimate of drug-likeness (QED) is 0.673. The summed E-state index contributed by atoms with van der Waals surface area (Å²) in [7, 11) is 0. The largest absolute Gasteiger partial charge is 0.389 e. The topological polar surface area (TPSA) is 46.2 Å². The van der Waals surface area contributed by atoms with E-state index in [0.717, 1.165) is 12.3 Å². The number of hydrogen-bond donors (Lipinski definition) is 2. The van der Waals surface area contributed by atoms with Gasteiger partial charge in [-0.15, -0.1) is 0 Å². The molecule has 0 heterocycles. The molecule has 2 bridgehead atoms. The van der Waals surface area contributed by atoms with Gasteiger partial charge in [0, 0.05) is 0 Å². The molecule has 0 aromatic carbocycles. The van der Waals surface area contributed by atoms with E-state index in [1.54, 1.807) is 0 Å². The van der Waals surface area contributed by atoms with E-state index in [1.165, 1.54) is 12.0 Å². The van der Waals surface area contributed by atoms with Crippen molar-refractivity contribution in [3.8, 4) is 0 Å². The second-order valence-electron chi connectivity index (χ2n) is 5.34. The van der Waals surface area contributed by atoms with Gasteiger partial charge in [0.1, 0.15) is 0 Å². The van der Waals surface area contributed by atoms with Crippen LogP contribution in [0.2, 0.25) is 0 Å². The minimum atomic E-state index is -0.287. The van der Waals surface area contributed by atoms with Crippen molar-refractivity contribution in [1.29, 1.82) is 0 Å². The molecular formula is C12H21NO. The van der Waals surface area contributed by atoms with Gasteiger partial charge in [0.15, 0.2) is 0 Å². The molecule has 2 heteroatoms. The highest BCUT2D eigenvalue weighted by Gasteiger charge is 2.52. The summed E-state index contributed by atoms with van der Waals surface area (Å²) >= 11 is 0. The Bertz CT molecular complexity index is 257. The third-order valence-electron chi connectivity index (χ3n) is 4.34. The van der Waals surface area contributed by atoms with Crippen molar-refractivity contribution in [2.24, 2.45) is 23.0 Å². The molecule has 3 rings (SSSR count). The molecule has 80 valence electrons. The number of fused-ring (bicyclic) bond motifs is 1. The Labute approximate surface area is 86.2 Å². The molecule has 0 radical (unpaired) electrons. The highest BCUT2D eigenvalue weighted by Crippen LogP contribution is 2.59. The minimum absolute atomic E-state index is 0.287. The molecule has 0 aliphatic heterocycles. The summed E-state index contributed by atoms with van der Waals surface area (Å²) in [4.78, 5) is 0. The number of nitrogens with two attached hydrogens (primary N) is 1. The van der Waals surface area contributed by atoms with E-state index in [1.807, 2.05) is 0 Å². The van der Waals surface area contributed by atoms with Gasteiger partial charge in [-0.05, 0) is 48.6 Å². The van der Waals surface area contributed by atoms with Crippen LogP contribution in [0, 0.1) is 17.3 Å². The second kappa shape index (κ2) is 3.35. The Hall–Kier alpha value is -0.340. The van der Waals surface area contributed by atoms with Crippen LogP contribution in [-0.4, -0.2) is 17.8 Å². The molecule has 3 aliphatic rings. The van der Waals surface area contributed by atoms with E-state index in [0.29, 0.717) is 24.3 Å². The number of allylic oxidation sites excluding steroid dienone is 1. The third kappa shape index (κ3) is 1.32. The fraction of sp³-hybridized carbons (Fsp3) is 0.833. The zero-order valence-corrected chi connectivity index (χ0v) is 9.16. The van der Waals surface area contributed by atoms with Crippen LogP contribution < -0.4 is 5.73 Å². The lowest BCUT2D eigenvalue weighted by molar-refractivity contribution is -0.0220. The Morgan fingerprint density at radius 3 is 2.86 bits per heavy atom. The molecule has 3 N–H and O–H groups in total.